The zero-order chi connectivity index (χ0) is 22.0. The minimum absolute atomic E-state index is 0.00916. The number of esters is 1. The fourth-order valence-corrected chi connectivity index (χ4v) is 3.58. The maximum Gasteiger partial charge on any atom is 0.412 e. The van der Waals surface area contributed by atoms with Crippen LogP contribution in [-0.4, -0.2) is 45.0 Å². The molecule has 1 fully saturated rings. The van der Waals surface area contributed by atoms with Crippen molar-refractivity contribution in [2.24, 2.45) is 5.73 Å². The van der Waals surface area contributed by atoms with Crippen molar-refractivity contribution in [2.75, 3.05) is 37.8 Å². The van der Waals surface area contributed by atoms with Crippen molar-refractivity contribution >= 4 is 28.7 Å². The molecule has 1 amide bonds. The van der Waals surface area contributed by atoms with Gasteiger partial charge in [0.15, 0.2) is 0 Å². The molecule has 9 heteroatoms. The van der Waals surface area contributed by atoms with E-state index in [0.29, 0.717) is 55.2 Å². The van der Waals surface area contributed by atoms with E-state index in [2.05, 4.69) is 9.64 Å². The molecule has 4 rings (SSSR count). The second-order valence-corrected chi connectivity index (χ2v) is 6.87. The Morgan fingerprint density at radius 3 is 2.52 bits per heavy atom. The molecule has 2 aromatic carbocycles. The summed E-state index contributed by atoms with van der Waals surface area (Å²) < 4.78 is 35.3. The first-order valence-corrected chi connectivity index (χ1v) is 9.81. The number of anilines is 1. The lowest BCUT2D eigenvalue weighted by Gasteiger charge is -2.30. The van der Waals surface area contributed by atoms with Crippen molar-refractivity contribution in [2.45, 2.75) is 6.92 Å². The number of primary amides is 1. The number of benzene rings is 2. The zero-order valence-electron chi connectivity index (χ0n) is 16.9. The molecule has 2 N–H and O–H groups in total. The van der Waals surface area contributed by atoms with Gasteiger partial charge in [-0.15, -0.1) is 0 Å². The van der Waals surface area contributed by atoms with E-state index in [9.17, 15) is 14.0 Å². The van der Waals surface area contributed by atoms with E-state index in [1.165, 1.54) is 24.3 Å². The van der Waals surface area contributed by atoms with Crippen molar-refractivity contribution in [3.63, 3.8) is 0 Å². The number of fused-ring (bicyclic) bond motifs is 1. The van der Waals surface area contributed by atoms with Gasteiger partial charge in [0.1, 0.15) is 28.5 Å². The van der Waals surface area contributed by atoms with E-state index in [1.54, 1.807) is 12.1 Å². The number of carbonyl (C=O) groups is 2. The van der Waals surface area contributed by atoms with Crippen LogP contribution in [0.1, 0.15) is 17.3 Å². The Morgan fingerprint density at radius 1 is 1.16 bits per heavy atom. The van der Waals surface area contributed by atoms with E-state index >= 15 is 0 Å². The summed E-state index contributed by atoms with van der Waals surface area (Å²) in [6.07, 6.45) is -1.24. The fraction of sp³-hybridized carbons (Fsp3) is 0.273. The summed E-state index contributed by atoms with van der Waals surface area (Å²) in [5, 5.41) is 0.394. The van der Waals surface area contributed by atoms with Crippen LogP contribution in [0.4, 0.5) is 14.9 Å². The van der Waals surface area contributed by atoms with Gasteiger partial charge in [-0.3, -0.25) is 0 Å². The molecule has 3 aromatic rings. The summed E-state index contributed by atoms with van der Waals surface area (Å²) in [6.45, 7) is 4.78. The molecule has 0 bridgehead atoms. The van der Waals surface area contributed by atoms with Gasteiger partial charge in [0.05, 0.1) is 25.5 Å². The van der Waals surface area contributed by atoms with Gasteiger partial charge < -0.3 is 29.3 Å². The SMILES string of the molecule is CCOc1cc2c(C(=O)OC(N)=O)c(-c3ccc(F)cc3)oc2cc1N1CCOCC1. The predicted octanol–water partition coefficient (Wildman–Crippen LogP) is 3.71. The largest absolute Gasteiger partial charge is 0.492 e. The molecule has 0 saturated carbocycles. The molecular formula is C22H21FN2O6. The summed E-state index contributed by atoms with van der Waals surface area (Å²) in [4.78, 5) is 26.0. The van der Waals surface area contributed by atoms with Crippen LogP contribution in [0.3, 0.4) is 0 Å². The maximum absolute atomic E-state index is 13.4. The third-order valence-corrected chi connectivity index (χ3v) is 4.93. The Bertz CT molecular complexity index is 1120. The fourth-order valence-electron chi connectivity index (χ4n) is 3.58. The van der Waals surface area contributed by atoms with Crippen LogP contribution >= 0.6 is 0 Å². The lowest BCUT2D eigenvalue weighted by molar-refractivity contribution is 0.0640. The normalized spacial score (nSPS) is 13.9. The number of carbonyl (C=O) groups excluding carboxylic acids is 2. The Labute approximate surface area is 177 Å². The molecule has 0 aliphatic carbocycles. The molecule has 162 valence electrons. The van der Waals surface area contributed by atoms with Crippen molar-refractivity contribution in [1.29, 1.82) is 0 Å². The molecule has 1 saturated heterocycles. The standard InChI is InChI=1S/C22H21FN2O6/c1-2-29-18-11-15-17(12-16(18)25-7-9-28-10-8-25)30-20(13-3-5-14(23)6-4-13)19(15)21(26)31-22(24)27/h3-6,11-12H,2,7-10H2,1H3,(H2,24,27). The van der Waals surface area contributed by atoms with Crippen LogP contribution in [0.15, 0.2) is 40.8 Å². The predicted molar refractivity (Wildman–Crippen MR) is 111 cm³/mol. The number of ether oxygens (including phenoxy) is 3. The number of halogens is 1. The number of rotatable bonds is 5. The first-order chi connectivity index (χ1) is 15.0. The third kappa shape index (κ3) is 4.17. The van der Waals surface area contributed by atoms with Crippen LogP contribution in [0, 0.1) is 5.82 Å². The van der Waals surface area contributed by atoms with Crippen molar-refractivity contribution in [3.8, 4) is 17.1 Å². The summed E-state index contributed by atoms with van der Waals surface area (Å²) >= 11 is 0. The van der Waals surface area contributed by atoms with Gasteiger partial charge in [-0.25, -0.2) is 14.0 Å². The van der Waals surface area contributed by atoms with Gasteiger partial charge in [-0.1, -0.05) is 0 Å². The zero-order valence-corrected chi connectivity index (χ0v) is 16.9. The number of nitrogens with two attached hydrogens (primary N) is 1. The summed E-state index contributed by atoms with van der Waals surface area (Å²) in [5.74, 6) is -0.708. The molecule has 0 unspecified atom stereocenters. The molecule has 31 heavy (non-hydrogen) atoms. The molecule has 0 atom stereocenters. The molecule has 2 heterocycles. The van der Waals surface area contributed by atoms with Gasteiger partial charge in [0, 0.05) is 30.1 Å². The first-order valence-electron chi connectivity index (χ1n) is 9.81. The van der Waals surface area contributed by atoms with Crippen LogP contribution in [-0.2, 0) is 9.47 Å². The quantitative estimate of drug-likeness (QED) is 0.488. The molecule has 8 nitrogen and oxygen atoms in total. The average Bonchev–Trinajstić information content (AvgIpc) is 3.12. The summed E-state index contributed by atoms with van der Waals surface area (Å²) in [5.41, 5.74) is 6.69. The molecule has 1 aliphatic rings. The lowest BCUT2D eigenvalue weighted by Crippen LogP contribution is -2.36. The van der Waals surface area contributed by atoms with Gasteiger partial charge in [0.2, 0.25) is 0 Å². The Balaban J connectivity index is 1.92. The van der Waals surface area contributed by atoms with E-state index in [1.807, 2.05) is 6.92 Å². The van der Waals surface area contributed by atoms with Gasteiger partial charge >= 0.3 is 12.1 Å². The number of nitrogens with zero attached hydrogens (tertiary/aromatic N) is 1. The van der Waals surface area contributed by atoms with Crippen molar-refractivity contribution < 1.29 is 32.6 Å². The van der Waals surface area contributed by atoms with E-state index in [0.717, 1.165) is 5.69 Å². The minimum atomic E-state index is -1.24. The Morgan fingerprint density at radius 2 is 1.87 bits per heavy atom. The van der Waals surface area contributed by atoms with Crippen molar-refractivity contribution in [3.05, 3.63) is 47.8 Å². The topological polar surface area (TPSA) is 104 Å². The second kappa shape index (κ2) is 8.65. The Kier molecular flexibility index (Phi) is 5.77. The number of hydrogen-bond donors (Lipinski definition) is 1. The lowest BCUT2D eigenvalue weighted by atomic mass is 10.0. The molecule has 1 aliphatic heterocycles. The van der Waals surface area contributed by atoms with E-state index < -0.39 is 17.9 Å². The van der Waals surface area contributed by atoms with Gasteiger partial charge in [0.25, 0.3) is 0 Å². The highest BCUT2D eigenvalue weighted by Gasteiger charge is 2.27. The van der Waals surface area contributed by atoms with Gasteiger partial charge in [-0.05, 0) is 37.3 Å². The number of amides is 1. The highest BCUT2D eigenvalue weighted by molar-refractivity contribution is 6.12. The van der Waals surface area contributed by atoms with Crippen LogP contribution in [0.25, 0.3) is 22.3 Å². The monoisotopic (exact) mass is 428 g/mol. The summed E-state index contributed by atoms with van der Waals surface area (Å²) in [7, 11) is 0. The molecule has 0 spiro atoms. The van der Waals surface area contributed by atoms with Crippen LogP contribution in [0.5, 0.6) is 5.75 Å². The number of hydrogen-bond acceptors (Lipinski definition) is 7. The molecular weight excluding hydrogens is 407 g/mol. The second-order valence-electron chi connectivity index (χ2n) is 6.87. The minimum Gasteiger partial charge on any atom is -0.492 e. The summed E-state index contributed by atoms with van der Waals surface area (Å²) in [6, 6.07) is 8.89. The van der Waals surface area contributed by atoms with Crippen molar-refractivity contribution in [1.82, 2.24) is 0 Å². The third-order valence-electron chi connectivity index (χ3n) is 4.93. The van der Waals surface area contributed by atoms with Gasteiger partial charge in [-0.2, -0.15) is 0 Å². The highest BCUT2D eigenvalue weighted by Crippen LogP contribution is 2.41. The first kappa shape index (κ1) is 20.7. The van der Waals surface area contributed by atoms with Crippen LogP contribution in [0.2, 0.25) is 0 Å². The maximum atomic E-state index is 13.4. The number of furan rings is 1. The highest BCUT2D eigenvalue weighted by atomic mass is 19.1. The smallest absolute Gasteiger partial charge is 0.412 e. The van der Waals surface area contributed by atoms with E-state index in [-0.39, 0.29) is 11.3 Å². The molecule has 1 aromatic heterocycles. The van der Waals surface area contributed by atoms with E-state index in [4.69, 9.17) is 19.6 Å². The average molecular weight is 428 g/mol. The number of morpholine rings is 1. The molecule has 0 radical (unpaired) electrons. The Hall–Kier alpha value is -3.59. The van der Waals surface area contributed by atoms with Crippen LogP contribution < -0.4 is 15.4 Å².